The summed E-state index contributed by atoms with van der Waals surface area (Å²) in [6.45, 7) is 0. The molecular formula is C7H12N2O3. The lowest BCUT2D eigenvalue weighted by Gasteiger charge is -2.32. The fraction of sp³-hybridized carbons (Fsp3) is 0.714. The van der Waals surface area contributed by atoms with Gasteiger partial charge in [-0.3, -0.25) is 4.79 Å². The van der Waals surface area contributed by atoms with Crippen LogP contribution in [0.3, 0.4) is 0 Å². The Morgan fingerprint density at radius 3 is 2.75 bits per heavy atom. The third kappa shape index (κ3) is 1.40. The van der Waals surface area contributed by atoms with Gasteiger partial charge >= 0.3 is 5.97 Å². The number of likely N-dealkylation sites (tertiary alicyclic amines) is 1. The molecule has 5 nitrogen and oxygen atoms in total. The quantitative estimate of drug-likeness (QED) is 0.532. The molecule has 3 N–H and O–H groups in total. The molecule has 0 aromatic rings. The molecule has 1 amide bonds. The maximum Gasteiger partial charge on any atom is 0.326 e. The Morgan fingerprint density at radius 2 is 2.25 bits per heavy atom. The number of hydrogen-bond donors (Lipinski definition) is 2. The molecule has 0 aromatic heterocycles. The molecule has 0 bridgehead atoms. The molecule has 1 saturated heterocycles. The van der Waals surface area contributed by atoms with E-state index in [-0.39, 0.29) is 5.91 Å². The fourth-order valence-corrected chi connectivity index (χ4v) is 1.36. The van der Waals surface area contributed by atoms with E-state index in [9.17, 15) is 9.59 Å². The van der Waals surface area contributed by atoms with Gasteiger partial charge in [-0.25, -0.2) is 4.79 Å². The Balaban J connectivity index is 2.71. The first-order chi connectivity index (χ1) is 5.54. The van der Waals surface area contributed by atoms with Crippen LogP contribution >= 0.6 is 0 Å². The van der Waals surface area contributed by atoms with E-state index in [0.29, 0.717) is 12.8 Å². The number of carbonyl (C=O) groups excluding carboxylic acids is 1. The van der Waals surface area contributed by atoms with Crippen LogP contribution in [0.15, 0.2) is 0 Å². The van der Waals surface area contributed by atoms with Gasteiger partial charge in [-0.2, -0.15) is 0 Å². The minimum Gasteiger partial charge on any atom is -0.480 e. The van der Waals surface area contributed by atoms with Gasteiger partial charge in [-0.1, -0.05) is 0 Å². The van der Waals surface area contributed by atoms with Crippen LogP contribution in [0.2, 0.25) is 0 Å². The van der Waals surface area contributed by atoms with Crippen LogP contribution in [0.1, 0.15) is 12.8 Å². The number of rotatable bonds is 1. The van der Waals surface area contributed by atoms with E-state index < -0.39 is 18.1 Å². The zero-order valence-electron chi connectivity index (χ0n) is 6.86. The van der Waals surface area contributed by atoms with Crippen molar-refractivity contribution in [2.75, 3.05) is 7.05 Å². The van der Waals surface area contributed by atoms with Crippen LogP contribution in [0, 0.1) is 0 Å². The summed E-state index contributed by atoms with van der Waals surface area (Å²) in [4.78, 5) is 23.0. The zero-order chi connectivity index (χ0) is 9.30. The third-order valence-electron chi connectivity index (χ3n) is 2.17. The molecule has 0 saturated carbocycles. The van der Waals surface area contributed by atoms with Gasteiger partial charge < -0.3 is 15.7 Å². The topological polar surface area (TPSA) is 83.6 Å². The number of nitrogens with two attached hydrogens (primary N) is 1. The Kier molecular flexibility index (Phi) is 2.32. The highest BCUT2D eigenvalue weighted by Gasteiger charge is 2.34. The highest BCUT2D eigenvalue weighted by atomic mass is 16.4. The van der Waals surface area contributed by atoms with Gasteiger partial charge in [0.05, 0.1) is 6.04 Å². The molecule has 0 radical (unpaired) electrons. The molecule has 1 aliphatic rings. The van der Waals surface area contributed by atoms with Crippen molar-refractivity contribution in [3.8, 4) is 0 Å². The van der Waals surface area contributed by atoms with E-state index in [2.05, 4.69) is 0 Å². The zero-order valence-corrected chi connectivity index (χ0v) is 6.86. The predicted octanol–water partition coefficient (Wildman–Crippen LogP) is -0.981. The van der Waals surface area contributed by atoms with E-state index >= 15 is 0 Å². The average molecular weight is 172 g/mol. The van der Waals surface area contributed by atoms with Gasteiger partial charge in [0.2, 0.25) is 5.91 Å². The van der Waals surface area contributed by atoms with Crippen molar-refractivity contribution in [1.29, 1.82) is 0 Å². The molecule has 1 heterocycles. The highest BCUT2D eigenvalue weighted by Crippen LogP contribution is 2.15. The van der Waals surface area contributed by atoms with Crippen LogP contribution in [0.4, 0.5) is 0 Å². The lowest BCUT2D eigenvalue weighted by Crippen LogP contribution is -2.54. The fourth-order valence-electron chi connectivity index (χ4n) is 1.36. The van der Waals surface area contributed by atoms with Crippen LogP contribution in [0.25, 0.3) is 0 Å². The number of nitrogens with zero attached hydrogens (tertiary/aromatic N) is 1. The lowest BCUT2D eigenvalue weighted by atomic mass is 9.99. The predicted molar refractivity (Wildman–Crippen MR) is 41.4 cm³/mol. The maximum absolute atomic E-state index is 11.2. The van der Waals surface area contributed by atoms with Gasteiger partial charge in [-0.15, -0.1) is 0 Å². The summed E-state index contributed by atoms with van der Waals surface area (Å²) in [6, 6.07) is -1.22. The summed E-state index contributed by atoms with van der Waals surface area (Å²) in [5, 5.41) is 8.68. The van der Waals surface area contributed by atoms with E-state index in [1.165, 1.54) is 11.9 Å². The number of hydrogen-bond acceptors (Lipinski definition) is 3. The van der Waals surface area contributed by atoms with Crippen LogP contribution in [-0.4, -0.2) is 41.0 Å². The standard InChI is InChI=1S/C7H12N2O3/c1-9-5(7(11)12)3-2-4(8)6(9)10/h4-5H,2-3,8H2,1H3,(H,11,12). The van der Waals surface area contributed by atoms with Gasteiger partial charge in [-0.05, 0) is 12.8 Å². The Morgan fingerprint density at radius 1 is 1.67 bits per heavy atom. The van der Waals surface area contributed by atoms with Crippen molar-refractivity contribution in [2.24, 2.45) is 5.73 Å². The first-order valence-corrected chi connectivity index (χ1v) is 3.79. The summed E-state index contributed by atoms with van der Waals surface area (Å²) in [5.74, 6) is -1.24. The van der Waals surface area contributed by atoms with E-state index in [4.69, 9.17) is 10.8 Å². The number of carbonyl (C=O) groups is 2. The van der Waals surface area contributed by atoms with Crippen molar-refractivity contribution in [3.05, 3.63) is 0 Å². The lowest BCUT2D eigenvalue weighted by molar-refractivity contribution is -0.152. The Labute approximate surface area is 70.1 Å². The van der Waals surface area contributed by atoms with Crippen LogP contribution < -0.4 is 5.73 Å². The monoisotopic (exact) mass is 172 g/mol. The van der Waals surface area contributed by atoms with Gasteiger partial charge in [0.1, 0.15) is 6.04 Å². The number of aliphatic carboxylic acids is 1. The molecule has 12 heavy (non-hydrogen) atoms. The third-order valence-corrected chi connectivity index (χ3v) is 2.17. The largest absolute Gasteiger partial charge is 0.480 e. The molecule has 2 atom stereocenters. The van der Waals surface area contributed by atoms with Crippen LogP contribution in [-0.2, 0) is 9.59 Å². The van der Waals surface area contributed by atoms with Crippen molar-refractivity contribution in [2.45, 2.75) is 24.9 Å². The summed E-state index contributed by atoms with van der Waals surface area (Å²) in [7, 11) is 1.47. The van der Waals surface area contributed by atoms with Crippen molar-refractivity contribution in [3.63, 3.8) is 0 Å². The highest BCUT2D eigenvalue weighted by molar-refractivity contribution is 5.88. The molecule has 2 unspecified atom stereocenters. The van der Waals surface area contributed by atoms with Crippen molar-refractivity contribution in [1.82, 2.24) is 4.90 Å². The second-order valence-electron chi connectivity index (χ2n) is 2.99. The SMILES string of the molecule is CN1C(=O)C(N)CCC1C(=O)O. The van der Waals surface area contributed by atoms with E-state index in [0.717, 1.165) is 0 Å². The minimum atomic E-state index is -0.960. The average Bonchev–Trinajstić information content (AvgIpc) is 2.00. The van der Waals surface area contributed by atoms with Gasteiger partial charge in [0, 0.05) is 7.05 Å². The van der Waals surface area contributed by atoms with E-state index in [1.54, 1.807) is 0 Å². The molecule has 1 rings (SSSR count). The van der Waals surface area contributed by atoms with Crippen molar-refractivity contribution >= 4 is 11.9 Å². The Bertz CT molecular complexity index is 217. The van der Waals surface area contributed by atoms with Crippen LogP contribution in [0.5, 0.6) is 0 Å². The molecule has 1 aliphatic heterocycles. The first kappa shape index (κ1) is 8.99. The smallest absolute Gasteiger partial charge is 0.326 e. The summed E-state index contributed by atoms with van der Waals surface area (Å²) in [5.41, 5.74) is 5.45. The Hall–Kier alpha value is -1.10. The second kappa shape index (κ2) is 3.10. The molecule has 5 heteroatoms. The summed E-state index contributed by atoms with van der Waals surface area (Å²) < 4.78 is 0. The number of piperidine rings is 1. The molecule has 1 fully saturated rings. The normalized spacial score (nSPS) is 30.5. The second-order valence-corrected chi connectivity index (χ2v) is 2.99. The van der Waals surface area contributed by atoms with E-state index in [1.807, 2.05) is 0 Å². The summed E-state index contributed by atoms with van der Waals surface area (Å²) >= 11 is 0. The number of carboxylic acids is 1. The van der Waals surface area contributed by atoms with Crippen molar-refractivity contribution < 1.29 is 14.7 Å². The maximum atomic E-state index is 11.2. The summed E-state index contributed by atoms with van der Waals surface area (Å²) in [6.07, 6.45) is 0.902. The first-order valence-electron chi connectivity index (χ1n) is 3.79. The minimum absolute atomic E-state index is 0.284. The number of amides is 1. The molecule has 68 valence electrons. The molecule has 0 aliphatic carbocycles. The molecule has 0 aromatic carbocycles. The molecule has 0 spiro atoms. The number of likely N-dealkylation sites (N-methyl/N-ethyl adjacent to an activating group) is 1. The van der Waals surface area contributed by atoms with Gasteiger partial charge in [0.25, 0.3) is 0 Å². The molecular weight excluding hydrogens is 160 g/mol. The number of carboxylic acid groups (broad SMARTS) is 1. The van der Waals surface area contributed by atoms with Gasteiger partial charge in [0.15, 0.2) is 0 Å².